The molecule has 1 aliphatic rings. The number of carbonyl (C=O) groups excluding carboxylic acids is 1. The largest absolute Gasteiger partial charge is 0.288 e. The van der Waals surface area contributed by atoms with Crippen LogP contribution < -0.4 is 10.2 Å². The van der Waals surface area contributed by atoms with Gasteiger partial charge in [-0.2, -0.15) is 5.10 Å². The summed E-state index contributed by atoms with van der Waals surface area (Å²) in [4.78, 5) is 18.4. The number of hydrogen-bond donors (Lipinski definition) is 2. The average Bonchev–Trinajstić information content (AvgIpc) is 3.25. The number of rotatable bonds is 4. The maximum Gasteiger partial charge on any atom is 0.246 e. The molecular formula is C18H16ClN5O. The summed E-state index contributed by atoms with van der Waals surface area (Å²) in [6.07, 6.45) is 4.06. The van der Waals surface area contributed by atoms with E-state index in [1.807, 2.05) is 42.5 Å². The lowest BCUT2D eigenvalue weighted by atomic mass is 10.1. The minimum Gasteiger partial charge on any atom is -0.288 e. The molecule has 0 bridgehead atoms. The summed E-state index contributed by atoms with van der Waals surface area (Å²) in [6, 6.07) is 13.0. The summed E-state index contributed by atoms with van der Waals surface area (Å²) in [7, 11) is 0. The van der Waals surface area contributed by atoms with E-state index in [-0.39, 0.29) is 11.9 Å². The highest BCUT2D eigenvalue weighted by Gasteiger charge is 2.33. The quantitative estimate of drug-likeness (QED) is 0.756. The highest BCUT2D eigenvalue weighted by atomic mass is 35.5. The van der Waals surface area contributed by atoms with Crippen LogP contribution in [0, 0.1) is 0 Å². The number of halogens is 1. The van der Waals surface area contributed by atoms with Gasteiger partial charge < -0.3 is 0 Å². The number of benzene rings is 1. The van der Waals surface area contributed by atoms with Gasteiger partial charge in [-0.05, 0) is 36.2 Å². The van der Waals surface area contributed by atoms with E-state index < -0.39 is 0 Å². The predicted molar refractivity (Wildman–Crippen MR) is 96.3 cm³/mol. The molecule has 4 rings (SSSR count). The maximum absolute atomic E-state index is 12.7. The number of aromatic nitrogens is 3. The van der Waals surface area contributed by atoms with Gasteiger partial charge in [-0.15, -0.1) is 0 Å². The number of hydrogen-bond acceptors (Lipinski definition) is 4. The molecule has 0 aliphatic carbocycles. The van der Waals surface area contributed by atoms with E-state index in [0.29, 0.717) is 23.9 Å². The number of carbonyl (C=O) groups is 1. The zero-order chi connectivity index (χ0) is 17.2. The van der Waals surface area contributed by atoms with E-state index >= 15 is 0 Å². The second kappa shape index (κ2) is 6.66. The van der Waals surface area contributed by atoms with Crippen molar-refractivity contribution in [3.63, 3.8) is 0 Å². The second-order valence-electron chi connectivity index (χ2n) is 5.89. The minimum atomic E-state index is -0.262. The molecule has 126 valence electrons. The molecule has 0 radical (unpaired) electrons. The summed E-state index contributed by atoms with van der Waals surface area (Å²) in [5.41, 5.74) is 2.90. The number of amides is 1. The lowest BCUT2D eigenvalue weighted by molar-refractivity contribution is -0.118. The first kappa shape index (κ1) is 15.8. The molecule has 3 aromatic rings. The van der Waals surface area contributed by atoms with Crippen molar-refractivity contribution in [3.8, 4) is 11.3 Å². The van der Waals surface area contributed by atoms with Crippen molar-refractivity contribution in [2.75, 3.05) is 11.6 Å². The van der Waals surface area contributed by atoms with Gasteiger partial charge in [0, 0.05) is 29.0 Å². The van der Waals surface area contributed by atoms with E-state index in [1.165, 1.54) is 0 Å². The van der Waals surface area contributed by atoms with Crippen molar-refractivity contribution < 1.29 is 4.79 Å². The maximum atomic E-state index is 12.7. The molecule has 1 amide bonds. The summed E-state index contributed by atoms with van der Waals surface area (Å²) in [6.45, 7) is 0.442. The van der Waals surface area contributed by atoms with Gasteiger partial charge in [0.25, 0.3) is 0 Å². The van der Waals surface area contributed by atoms with Crippen molar-refractivity contribution >= 4 is 23.3 Å². The number of anilines is 1. The van der Waals surface area contributed by atoms with Crippen LogP contribution in [0.5, 0.6) is 0 Å². The van der Waals surface area contributed by atoms with Crippen molar-refractivity contribution in [1.29, 1.82) is 0 Å². The SMILES string of the molecule is O=C1[C@H](Cc2ccc(Cl)cc2)NCN1c1cc(-c2ccncc2)[nH]n1. The van der Waals surface area contributed by atoms with Crippen LogP contribution in [-0.4, -0.2) is 33.8 Å². The molecule has 25 heavy (non-hydrogen) atoms. The lowest BCUT2D eigenvalue weighted by Crippen LogP contribution is -2.32. The molecule has 1 aliphatic heterocycles. The van der Waals surface area contributed by atoms with Crippen LogP contribution >= 0.6 is 11.6 Å². The molecule has 1 aromatic carbocycles. The monoisotopic (exact) mass is 353 g/mol. The Morgan fingerprint density at radius 3 is 2.68 bits per heavy atom. The van der Waals surface area contributed by atoms with E-state index in [0.717, 1.165) is 16.8 Å². The molecule has 0 saturated carbocycles. The normalized spacial score (nSPS) is 17.2. The van der Waals surface area contributed by atoms with E-state index in [2.05, 4.69) is 20.5 Å². The van der Waals surface area contributed by atoms with Gasteiger partial charge in [0.2, 0.25) is 5.91 Å². The van der Waals surface area contributed by atoms with Crippen LogP contribution in [0.4, 0.5) is 5.82 Å². The first-order valence-electron chi connectivity index (χ1n) is 7.96. The molecule has 1 atom stereocenters. The molecule has 6 nitrogen and oxygen atoms in total. The molecule has 2 N–H and O–H groups in total. The third-order valence-electron chi connectivity index (χ3n) is 4.25. The molecule has 0 unspecified atom stereocenters. The summed E-state index contributed by atoms with van der Waals surface area (Å²) in [5, 5.41) is 11.2. The van der Waals surface area contributed by atoms with Crippen LogP contribution in [0.2, 0.25) is 5.02 Å². The summed E-state index contributed by atoms with van der Waals surface area (Å²) < 4.78 is 0. The Labute approximate surface area is 149 Å². The molecule has 7 heteroatoms. The number of aromatic amines is 1. The third-order valence-corrected chi connectivity index (χ3v) is 4.50. The standard InChI is InChI=1S/C18H16ClN5O/c19-14-3-1-12(2-4-14)9-16-18(25)24(11-21-16)17-10-15(22-23-17)13-5-7-20-8-6-13/h1-8,10,16,21H,9,11H2,(H,22,23)/t16-/m0/s1. The van der Waals surface area contributed by atoms with Crippen molar-refractivity contribution in [3.05, 3.63) is 65.4 Å². The fourth-order valence-electron chi connectivity index (χ4n) is 2.89. The van der Waals surface area contributed by atoms with Gasteiger partial charge in [-0.1, -0.05) is 23.7 Å². The lowest BCUT2D eigenvalue weighted by Gasteiger charge is -2.12. The van der Waals surface area contributed by atoms with Gasteiger partial charge in [-0.25, -0.2) is 0 Å². The minimum absolute atomic E-state index is 0.0164. The van der Waals surface area contributed by atoms with Crippen LogP contribution in [0.15, 0.2) is 54.9 Å². The van der Waals surface area contributed by atoms with Gasteiger partial charge in [-0.3, -0.25) is 25.1 Å². The second-order valence-corrected chi connectivity index (χ2v) is 6.32. The Balaban J connectivity index is 1.48. The zero-order valence-electron chi connectivity index (χ0n) is 13.3. The number of nitrogens with zero attached hydrogens (tertiary/aromatic N) is 3. The topological polar surface area (TPSA) is 73.9 Å². The molecular weight excluding hydrogens is 338 g/mol. The van der Waals surface area contributed by atoms with E-state index in [4.69, 9.17) is 11.6 Å². The van der Waals surface area contributed by atoms with Crippen molar-refractivity contribution in [1.82, 2.24) is 20.5 Å². The smallest absolute Gasteiger partial charge is 0.246 e. The molecule has 1 fully saturated rings. The molecule has 3 heterocycles. The average molecular weight is 354 g/mol. The Kier molecular flexibility index (Phi) is 4.21. The Morgan fingerprint density at radius 2 is 1.92 bits per heavy atom. The summed E-state index contributed by atoms with van der Waals surface area (Å²) in [5.74, 6) is 0.630. The van der Waals surface area contributed by atoms with Crippen LogP contribution in [0.3, 0.4) is 0 Å². The van der Waals surface area contributed by atoms with Crippen molar-refractivity contribution in [2.45, 2.75) is 12.5 Å². The first-order valence-corrected chi connectivity index (χ1v) is 8.33. The molecule has 2 aromatic heterocycles. The Bertz CT molecular complexity index is 878. The molecule has 0 spiro atoms. The third kappa shape index (κ3) is 3.26. The van der Waals surface area contributed by atoms with E-state index in [1.54, 1.807) is 17.3 Å². The number of pyridine rings is 1. The van der Waals surface area contributed by atoms with Gasteiger partial charge in [0.15, 0.2) is 5.82 Å². The summed E-state index contributed by atoms with van der Waals surface area (Å²) >= 11 is 5.91. The zero-order valence-corrected chi connectivity index (χ0v) is 14.1. The first-order chi connectivity index (χ1) is 12.2. The number of H-pyrrole nitrogens is 1. The highest BCUT2D eigenvalue weighted by molar-refractivity contribution is 6.30. The fraction of sp³-hybridized carbons (Fsp3) is 0.167. The van der Waals surface area contributed by atoms with Gasteiger partial charge in [0.1, 0.15) is 0 Å². The predicted octanol–water partition coefficient (Wildman–Crippen LogP) is 2.63. The fourth-order valence-corrected chi connectivity index (χ4v) is 3.02. The van der Waals surface area contributed by atoms with E-state index in [9.17, 15) is 4.79 Å². The van der Waals surface area contributed by atoms with Crippen LogP contribution in [0.25, 0.3) is 11.3 Å². The number of nitrogens with one attached hydrogen (secondary N) is 2. The molecule has 1 saturated heterocycles. The van der Waals surface area contributed by atoms with Gasteiger partial charge in [0.05, 0.1) is 18.4 Å². The Hall–Kier alpha value is -2.70. The highest BCUT2D eigenvalue weighted by Crippen LogP contribution is 2.23. The Morgan fingerprint density at radius 1 is 1.16 bits per heavy atom. The van der Waals surface area contributed by atoms with Crippen LogP contribution in [0.1, 0.15) is 5.56 Å². The van der Waals surface area contributed by atoms with Crippen molar-refractivity contribution in [2.24, 2.45) is 0 Å². The van der Waals surface area contributed by atoms with Gasteiger partial charge >= 0.3 is 0 Å². The van der Waals surface area contributed by atoms with Crippen LogP contribution in [-0.2, 0) is 11.2 Å².